The Morgan fingerprint density at radius 3 is 2.53 bits per heavy atom. The predicted octanol–water partition coefficient (Wildman–Crippen LogP) is 4.08. The molecular weight excluding hydrogens is 448 g/mol. The molecule has 2 aromatic heterocycles. The zero-order valence-corrected chi connectivity index (χ0v) is 19.0. The van der Waals surface area contributed by atoms with Gasteiger partial charge < -0.3 is 14.8 Å². The molecule has 164 valence electrons. The number of pyridine rings is 1. The van der Waals surface area contributed by atoms with Crippen molar-refractivity contribution in [3.05, 3.63) is 77.4 Å². The van der Waals surface area contributed by atoms with Crippen molar-refractivity contribution in [3.63, 3.8) is 0 Å². The van der Waals surface area contributed by atoms with Gasteiger partial charge in [-0.15, -0.1) is 11.3 Å². The average Bonchev–Trinajstić information content (AvgIpc) is 3.26. The van der Waals surface area contributed by atoms with Crippen LogP contribution in [0.1, 0.15) is 15.2 Å². The molecule has 4 aromatic rings. The van der Waals surface area contributed by atoms with Gasteiger partial charge in [-0.1, -0.05) is 18.2 Å². The lowest BCUT2D eigenvalue weighted by Gasteiger charge is -2.13. The summed E-state index contributed by atoms with van der Waals surface area (Å²) in [6.07, 6.45) is 3.42. The third-order valence-electron chi connectivity index (χ3n) is 4.89. The van der Waals surface area contributed by atoms with Crippen molar-refractivity contribution in [3.8, 4) is 11.5 Å². The fraction of sp³-hybridized carbons (Fsp3) is 0.130. The zero-order chi connectivity index (χ0) is 22.7. The third-order valence-corrected chi connectivity index (χ3v) is 7.77. The fourth-order valence-electron chi connectivity index (χ4n) is 3.25. The first kappa shape index (κ1) is 21.8. The van der Waals surface area contributed by atoms with Gasteiger partial charge in [-0.2, -0.15) is 0 Å². The number of ether oxygens (including phenoxy) is 2. The Morgan fingerprint density at radius 2 is 1.84 bits per heavy atom. The van der Waals surface area contributed by atoms with Crippen molar-refractivity contribution in [1.29, 1.82) is 0 Å². The molecule has 1 N–H and O–H groups in total. The highest BCUT2D eigenvalue weighted by Gasteiger charge is 2.24. The van der Waals surface area contributed by atoms with Gasteiger partial charge >= 0.3 is 0 Å². The Labute approximate surface area is 189 Å². The molecule has 0 aliphatic heterocycles. The van der Waals surface area contributed by atoms with Crippen molar-refractivity contribution in [2.45, 2.75) is 16.3 Å². The van der Waals surface area contributed by atoms with E-state index in [1.54, 1.807) is 36.7 Å². The molecule has 0 saturated carbocycles. The number of thiophene rings is 1. The van der Waals surface area contributed by atoms with E-state index < -0.39 is 9.84 Å². The quantitative estimate of drug-likeness (QED) is 0.439. The van der Waals surface area contributed by atoms with Gasteiger partial charge in [0.15, 0.2) is 11.5 Å². The highest BCUT2D eigenvalue weighted by molar-refractivity contribution is 7.91. The van der Waals surface area contributed by atoms with E-state index in [9.17, 15) is 13.2 Å². The van der Waals surface area contributed by atoms with Crippen LogP contribution in [0, 0.1) is 0 Å². The van der Waals surface area contributed by atoms with Crippen LogP contribution in [0.2, 0.25) is 0 Å². The molecule has 7 nitrogen and oxygen atoms in total. The van der Waals surface area contributed by atoms with E-state index in [0.717, 1.165) is 15.6 Å². The van der Waals surface area contributed by atoms with Crippen LogP contribution < -0.4 is 14.8 Å². The monoisotopic (exact) mass is 468 g/mol. The van der Waals surface area contributed by atoms with Gasteiger partial charge in [0.2, 0.25) is 9.84 Å². The maximum absolute atomic E-state index is 13.1. The van der Waals surface area contributed by atoms with Crippen LogP contribution >= 0.6 is 11.3 Å². The molecule has 1 amide bonds. The summed E-state index contributed by atoms with van der Waals surface area (Å²) < 4.78 is 37.7. The molecule has 0 saturated heterocycles. The van der Waals surface area contributed by atoms with Crippen LogP contribution in [-0.4, -0.2) is 33.5 Å². The second-order valence-corrected chi connectivity index (χ2v) is 9.85. The van der Waals surface area contributed by atoms with E-state index >= 15 is 0 Å². The van der Waals surface area contributed by atoms with Gasteiger partial charge in [-0.05, 0) is 47.3 Å². The first-order valence-corrected chi connectivity index (χ1v) is 11.9. The lowest BCUT2D eigenvalue weighted by Crippen LogP contribution is -2.21. The van der Waals surface area contributed by atoms with Gasteiger partial charge in [0.05, 0.1) is 28.7 Å². The first-order chi connectivity index (χ1) is 15.4. The summed E-state index contributed by atoms with van der Waals surface area (Å²) in [5.74, 6) is 0.304. The Bertz CT molecular complexity index is 1350. The van der Waals surface area contributed by atoms with Gasteiger partial charge in [0, 0.05) is 18.9 Å². The Balaban J connectivity index is 1.50. The Hall–Kier alpha value is -3.43. The number of sulfone groups is 1. The molecule has 0 spiro atoms. The summed E-state index contributed by atoms with van der Waals surface area (Å²) >= 11 is 1.37. The minimum Gasteiger partial charge on any atom is -0.493 e. The van der Waals surface area contributed by atoms with Crippen molar-refractivity contribution in [1.82, 2.24) is 10.3 Å². The van der Waals surface area contributed by atoms with Crippen LogP contribution in [0.3, 0.4) is 0 Å². The van der Waals surface area contributed by atoms with E-state index in [-0.39, 0.29) is 28.0 Å². The van der Waals surface area contributed by atoms with E-state index in [0.29, 0.717) is 10.6 Å². The van der Waals surface area contributed by atoms with Gasteiger partial charge in [-0.3, -0.25) is 9.78 Å². The number of carbonyl (C=O) groups is 1. The number of fused-ring (bicyclic) bond motifs is 1. The Kier molecular flexibility index (Phi) is 6.11. The molecule has 0 radical (unpaired) electrons. The minimum atomic E-state index is -3.82. The molecule has 0 bridgehead atoms. The SMILES string of the molecule is COc1cccc(S(=O)(=O)c2ccc(CNC(=O)c3cc4ccncc4s3)cc2)c1OC. The standard InChI is InChI=1S/C23H20N2O5S2/c1-29-18-4-3-5-21(22(18)30-2)32(27,28)17-8-6-15(7-9-17)13-25-23(26)19-12-16-10-11-24-14-20(16)31-19/h3-12,14H,13H2,1-2H3,(H,25,26). The second kappa shape index (κ2) is 8.97. The summed E-state index contributed by atoms with van der Waals surface area (Å²) in [6.45, 7) is 0.272. The molecule has 2 heterocycles. The summed E-state index contributed by atoms with van der Waals surface area (Å²) in [6, 6.07) is 14.8. The molecule has 0 aliphatic carbocycles. The highest BCUT2D eigenvalue weighted by Crippen LogP contribution is 2.36. The molecule has 32 heavy (non-hydrogen) atoms. The zero-order valence-electron chi connectivity index (χ0n) is 17.4. The first-order valence-electron chi connectivity index (χ1n) is 9.61. The minimum absolute atomic E-state index is 0.0275. The second-order valence-electron chi connectivity index (χ2n) is 6.85. The normalized spacial score (nSPS) is 11.3. The molecule has 9 heteroatoms. The summed E-state index contributed by atoms with van der Waals surface area (Å²) in [5.41, 5.74) is 0.776. The van der Waals surface area contributed by atoms with E-state index in [1.165, 1.54) is 43.8 Å². The number of rotatable bonds is 7. The lowest BCUT2D eigenvalue weighted by atomic mass is 10.2. The summed E-state index contributed by atoms with van der Waals surface area (Å²) in [5, 5.41) is 3.83. The topological polar surface area (TPSA) is 94.6 Å². The molecule has 2 aromatic carbocycles. The number of benzene rings is 2. The lowest BCUT2D eigenvalue weighted by molar-refractivity contribution is 0.0955. The Morgan fingerprint density at radius 1 is 1.06 bits per heavy atom. The van der Waals surface area contributed by atoms with Crippen LogP contribution in [0.5, 0.6) is 11.5 Å². The van der Waals surface area contributed by atoms with Crippen molar-refractivity contribution in [2.75, 3.05) is 14.2 Å². The van der Waals surface area contributed by atoms with Crippen LogP contribution in [0.25, 0.3) is 10.1 Å². The van der Waals surface area contributed by atoms with Crippen molar-refractivity contribution >= 4 is 37.2 Å². The number of methoxy groups -OCH3 is 2. The molecule has 0 unspecified atom stereocenters. The predicted molar refractivity (Wildman–Crippen MR) is 122 cm³/mol. The fourth-order valence-corrected chi connectivity index (χ4v) is 5.63. The molecule has 0 fully saturated rings. The maximum Gasteiger partial charge on any atom is 0.261 e. The largest absolute Gasteiger partial charge is 0.493 e. The number of aromatic nitrogens is 1. The number of nitrogens with one attached hydrogen (secondary N) is 1. The van der Waals surface area contributed by atoms with Crippen molar-refractivity contribution in [2.24, 2.45) is 0 Å². The molecule has 0 atom stereocenters. The van der Waals surface area contributed by atoms with E-state index in [2.05, 4.69) is 10.3 Å². The van der Waals surface area contributed by atoms with Gasteiger partial charge in [-0.25, -0.2) is 8.42 Å². The van der Waals surface area contributed by atoms with Crippen LogP contribution in [-0.2, 0) is 16.4 Å². The molecule has 4 rings (SSSR count). The summed E-state index contributed by atoms with van der Waals surface area (Å²) in [7, 11) is -0.967. The van der Waals surface area contributed by atoms with Gasteiger partial charge in [0.1, 0.15) is 4.90 Å². The number of hydrogen-bond acceptors (Lipinski definition) is 7. The van der Waals surface area contributed by atoms with E-state index in [4.69, 9.17) is 9.47 Å². The third kappa shape index (κ3) is 4.17. The van der Waals surface area contributed by atoms with Crippen molar-refractivity contribution < 1.29 is 22.7 Å². The highest BCUT2D eigenvalue weighted by atomic mass is 32.2. The number of carbonyl (C=O) groups excluding carboxylic acids is 1. The van der Waals surface area contributed by atoms with Crippen LogP contribution in [0.4, 0.5) is 0 Å². The van der Waals surface area contributed by atoms with Crippen LogP contribution in [0.15, 0.2) is 76.8 Å². The molecular formula is C23H20N2O5S2. The smallest absolute Gasteiger partial charge is 0.261 e. The maximum atomic E-state index is 13.1. The number of para-hydroxylation sites is 1. The number of hydrogen-bond donors (Lipinski definition) is 1. The van der Waals surface area contributed by atoms with Gasteiger partial charge in [0.25, 0.3) is 5.91 Å². The summed E-state index contributed by atoms with van der Waals surface area (Å²) in [4.78, 5) is 17.3. The average molecular weight is 469 g/mol. The number of amides is 1. The molecule has 0 aliphatic rings. The number of nitrogens with zero attached hydrogens (tertiary/aromatic N) is 1. The van der Waals surface area contributed by atoms with E-state index in [1.807, 2.05) is 12.1 Å².